The van der Waals surface area contributed by atoms with E-state index in [9.17, 15) is 4.79 Å². The van der Waals surface area contributed by atoms with Crippen molar-refractivity contribution in [3.63, 3.8) is 0 Å². The molecule has 1 saturated heterocycles. The van der Waals surface area contributed by atoms with Crippen molar-refractivity contribution in [2.75, 3.05) is 37.7 Å². The van der Waals surface area contributed by atoms with Crippen LogP contribution in [0.4, 0.5) is 5.82 Å². The Balaban J connectivity index is 1.28. The zero-order valence-electron chi connectivity index (χ0n) is 15.8. The summed E-state index contributed by atoms with van der Waals surface area (Å²) in [7, 11) is 0. The fourth-order valence-corrected chi connectivity index (χ4v) is 3.44. The predicted octanol–water partition coefficient (Wildman–Crippen LogP) is 2.64. The molecule has 0 unspecified atom stereocenters. The number of amides is 1. The third kappa shape index (κ3) is 4.38. The van der Waals surface area contributed by atoms with Gasteiger partial charge in [-0.3, -0.25) is 4.79 Å². The fourth-order valence-electron chi connectivity index (χ4n) is 3.44. The molecule has 0 radical (unpaired) electrons. The summed E-state index contributed by atoms with van der Waals surface area (Å²) in [6.45, 7) is 5.66. The number of benzene rings is 1. The Bertz CT molecular complexity index is 764. The Morgan fingerprint density at radius 2 is 1.78 bits per heavy atom. The van der Waals surface area contributed by atoms with E-state index in [1.807, 2.05) is 36.1 Å². The smallest absolute Gasteiger partial charge is 0.227 e. The maximum atomic E-state index is 12.6. The number of carbonyl (C=O) groups is 1. The van der Waals surface area contributed by atoms with Gasteiger partial charge in [0, 0.05) is 32.1 Å². The summed E-state index contributed by atoms with van der Waals surface area (Å²) in [6.07, 6.45) is 2.91. The van der Waals surface area contributed by atoms with Crippen LogP contribution in [-0.4, -0.2) is 53.8 Å². The highest BCUT2D eigenvalue weighted by Gasteiger charge is 2.26. The predicted molar refractivity (Wildman–Crippen MR) is 104 cm³/mol. The molecule has 6 nitrogen and oxygen atoms in total. The molecule has 1 aliphatic heterocycles. The van der Waals surface area contributed by atoms with E-state index in [4.69, 9.17) is 4.74 Å². The van der Waals surface area contributed by atoms with E-state index in [1.165, 1.54) is 12.8 Å². The number of ether oxygens (including phenoxy) is 1. The van der Waals surface area contributed by atoms with Crippen molar-refractivity contribution >= 4 is 11.7 Å². The molecule has 0 N–H and O–H groups in total. The van der Waals surface area contributed by atoms with E-state index in [0.29, 0.717) is 18.9 Å². The molecule has 0 spiro atoms. The Kier molecular flexibility index (Phi) is 5.23. The molecular formula is C21H26N4O2. The van der Waals surface area contributed by atoms with Gasteiger partial charge in [-0.05, 0) is 49.6 Å². The first kappa shape index (κ1) is 17.8. The van der Waals surface area contributed by atoms with E-state index in [1.54, 1.807) is 0 Å². The first-order chi connectivity index (χ1) is 13.2. The zero-order valence-corrected chi connectivity index (χ0v) is 15.8. The minimum Gasteiger partial charge on any atom is -0.494 e. The number of carbonyl (C=O) groups excluding carboxylic acids is 1. The molecule has 6 heteroatoms. The molecule has 27 heavy (non-hydrogen) atoms. The highest BCUT2D eigenvalue weighted by atomic mass is 16.5. The van der Waals surface area contributed by atoms with Gasteiger partial charge in [0.15, 0.2) is 5.82 Å². The van der Waals surface area contributed by atoms with Crippen LogP contribution in [0.2, 0.25) is 0 Å². The van der Waals surface area contributed by atoms with Gasteiger partial charge < -0.3 is 14.5 Å². The van der Waals surface area contributed by atoms with Crippen LogP contribution in [0.25, 0.3) is 0 Å². The highest BCUT2D eigenvalue weighted by Crippen LogP contribution is 2.38. The van der Waals surface area contributed by atoms with Crippen LogP contribution < -0.4 is 9.64 Å². The number of hydrogen-bond donors (Lipinski definition) is 0. The van der Waals surface area contributed by atoms with Crippen molar-refractivity contribution in [3.8, 4) is 5.75 Å². The molecule has 2 heterocycles. The van der Waals surface area contributed by atoms with Crippen LogP contribution in [0.1, 0.15) is 36.9 Å². The van der Waals surface area contributed by atoms with Crippen LogP contribution in [0, 0.1) is 0 Å². The first-order valence-electron chi connectivity index (χ1n) is 9.81. The van der Waals surface area contributed by atoms with Crippen molar-refractivity contribution in [1.82, 2.24) is 15.1 Å². The Morgan fingerprint density at radius 1 is 1.04 bits per heavy atom. The second-order valence-corrected chi connectivity index (χ2v) is 7.21. The summed E-state index contributed by atoms with van der Waals surface area (Å²) in [4.78, 5) is 16.8. The fraction of sp³-hybridized carbons (Fsp3) is 0.476. The maximum absolute atomic E-state index is 12.6. The summed E-state index contributed by atoms with van der Waals surface area (Å²) in [5, 5.41) is 8.75. The monoisotopic (exact) mass is 366 g/mol. The average Bonchev–Trinajstić information content (AvgIpc) is 3.55. The number of hydrogen-bond acceptors (Lipinski definition) is 5. The minimum absolute atomic E-state index is 0.175. The molecule has 0 bridgehead atoms. The van der Waals surface area contributed by atoms with Gasteiger partial charge in [-0.1, -0.05) is 12.1 Å². The van der Waals surface area contributed by atoms with E-state index in [-0.39, 0.29) is 5.91 Å². The average molecular weight is 366 g/mol. The van der Waals surface area contributed by atoms with E-state index in [0.717, 1.165) is 49.0 Å². The van der Waals surface area contributed by atoms with Crippen molar-refractivity contribution < 1.29 is 9.53 Å². The molecule has 4 rings (SSSR count). The molecule has 1 aromatic heterocycles. The number of anilines is 1. The topological polar surface area (TPSA) is 58.6 Å². The Morgan fingerprint density at radius 3 is 2.37 bits per heavy atom. The van der Waals surface area contributed by atoms with Gasteiger partial charge in [0.2, 0.25) is 5.91 Å². The second kappa shape index (κ2) is 7.94. The van der Waals surface area contributed by atoms with Crippen molar-refractivity contribution in [2.24, 2.45) is 0 Å². The van der Waals surface area contributed by atoms with Crippen LogP contribution >= 0.6 is 0 Å². The molecule has 1 aliphatic carbocycles. The largest absolute Gasteiger partial charge is 0.494 e. The van der Waals surface area contributed by atoms with Gasteiger partial charge in [-0.25, -0.2) is 0 Å². The highest BCUT2D eigenvalue weighted by molar-refractivity contribution is 5.79. The first-order valence-corrected chi connectivity index (χ1v) is 9.81. The number of nitrogens with zero attached hydrogens (tertiary/aromatic N) is 4. The summed E-state index contributed by atoms with van der Waals surface area (Å²) in [5.74, 6) is 2.56. The lowest BCUT2D eigenvalue weighted by atomic mass is 10.1. The standard InChI is InChI=1S/C21H26N4O2/c1-2-27-18-7-3-16(4-8-18)15-21(26)25-13-11-24(12-14-25)20-10-9-19(22-23-20)17-5-6-17/h3-4,7-10,17H,2,5-6,11-15H2,1H3. The number of aromatic nitrogens is 2. The zero-order chi connectivity index (χ0) is 18.6. The SMILES string of the molecule is CCOc1ccc(CC(=O)N2CCN(c3ccc(C4CC4)nn3)CC2)cc1. The third-order valence-corrected chi connectivity index (χ3v) is 5.21. The lowest BCUT2D eigenvalue weighted by molar-refractivity contribution is -0.130. The summed E-state index contributed by atoms with van der Waals surface area (Å²) >= 11 is 0. The molecule has 1 saturated carbocycles. The van der Waals surface area contributed by atoms with Crippen molar-refractivity contribution in [1.29, 1.82) is 0 Å². The van der Waals surface area contributed by atoms with Gasteiger partial charge in [0.05, 0.1) is 18.7 Å². The van der Waals surface area contributed by atoms with E-state index in [2.05, 4.69) is 27.2 Å². The van der Waals surface area contributed by atoms with Gasteiger partial charge in [0.25, 0.3) is 0 Å². The maximum Gasteiger partial charge on any atom is 0.227 e. The third-order valence-electron chi connectivity index (χ3n) is 5.21. The molecule has 1 aromatic carbocycles. The number of piperazine rings is 1. The normalized spacial score (nSPS) is 17.1. The quantitative estimate of drug-likeness (QED) is 0.787. The van der Waals surface area contributed by atoms with Crippen LogP contribution in [-0.2, 0) is 11.2 Å². The molecule has 2 aliphatic rings. The van der Waals surface area contributed by atoms with Crippen molar-refractivity contribution in [3.05, 3.63) is 47.7 Å². The molecule has 142 valence electrons. The lowest BCUT2D eigenvalue weighted by Gasteiger charge is -2.35. The van der Waals surface area contributed by atoms with Gasteiger partial charge in [0.1, 0.15) is 5.75 Å². The molecule has 1 amide bonds. The molecule has 2 fully saturated rings. The van der Waals surface area contributed by atoms with Gasteiger partial charge >= 0.3 is 0 Å². The summed E-state index contributed by atoms with van der Waals surface area (Å²) < 4.78 is 5.45. The van der Waals surface area contributed by atoms with Crippen LogP contribution in [0.15, 0.2) is 36.4 Å². The van der Waals surface area contributed by atoms with Gasteiger partial charge in [-0.2, -0.15) is 5.10 Å². The molecule has 0 atom stereocenters. The van der Waals surface area contributed by atoms with E-state index < -0.39 is 0 Å². The minimum atomic E-state index is 0.175. The molecular weight excluding hydrogens is 340 g/mol. The molecule has 2 aromatic rings. The lowest BCUT2D eigenvalue weighted by Crippen LogP contribution is -2.49. The van der Waals surface area contributed by atoms with Crippen LogP contribution in [0.5, 0.6) is 5.75 Å². The Hall–Kier alpha value is -2.63. The number of rotatable bonds is 6. The summed E-state index contributed by atoms with van der Waals surface area (Å²) in [5.41, 5.74) is 2.13. The summed E-state index contributed by atoms with van der Waals surface area (Å²) in [6, 6.07) is 12.0. The second-order valence-electron chi connectivity index (χ2n) is 7.21. The van der Waals surface area contributed by atoms with Crippen LogP contribution in [0.3, 0.4) is 0 Å². The van der Waals surface area contributed by atoms with E-state index >= 15 is 0 Å². The van der Waals surface area contributed by atoms with Crippen molar-refractivity contribution in [2.45, 2.75) is 32.1 Å². The van der Waals surface area contributed by atoms with Gasteiger partial charge in [-0.15, -0.1) is 5.10 Å². The Labute approximate surface area is 160 Å².